The number of benzene rings is 1. The van der Waals surface area contributed by atoms with Gasteiger partial charge in [0.05, 0.1) is 5.69 Å². The summed E-state index contributed by atoms with van der Waals surface area (Å²) >= 11 is 0. The van der Waals surface area contributed by atoms with E-state index in [9.17, 15) is 4.79 Å². The van der Waals surface area contributed by atoms with E-state index in [1.165, 1.54) is 0 Å². The molecule has 0 atom stereocenters. The van der Waals surface area contributed by atoms with Crippen molar-refractivity contribution in [1.29, 1.82) is 0 Å². The predicted octanol–water partition coefficient (Wildman–Crippen LogP) is 0.697. The second kappa shape index (κ2) is 5.27. The maximum atomic E-state index is 11.6. The monoisotopic (exact) mass is 249 g/mol. The van der Waals surface area contributed by atoms with Gasteiger partial charge in [-0.05, 0) is 25.2 Å². The number of likely N-dealkylation sites (N-methyl/N-ethyl adjacent to an activating group) is 3. The van der Waals surface area contributed by atoms with E-state index in [0.717, 1.165) is 30.2 Å². The Hall–Kier alpha value is -1.75. The molecule has 0 fully saturated rings. The summed E-state index contributed by atoms with van der Waals surface area (Å²) in [5.74, 6) is 0.750. The van der Waals surface area contributed by atoms with Gasteiger partial charge in [0.25, 0.3) is 5.91 Å². The maximum absolute atomic E-state index is 11.6. The van der Waals surface area contributed by atoms with Gasteiger partial charge in [0, 0.05) is 32.9 Å². The largest absolute Gasteiger partial charge is 0.482 e. The molecular weight excluding hydrogens is 230 g/mol. The first-order valence-electron chi connectivity index (χ1n) is 6.02. The Bertz CT molecular complexity index is 448. The summed E-state index contributed by atoms with van der Waals surface area (Å²) in [6, 6.07) is 5.92. The van der Waals surface area contributed by atoms with Crippen LogP contribution in [0.1, 0.15) is 0 Å². The van der Waals surface area contributed by atoms with Crippen LogP contribution >= 0.6 is 0 Å². The maximum Gasteiger partial charge on any atom is 0.264 e. The molecule has 1 N–H and O–H groups in total. The fourth-order valence-electron chi connectivity index (χ4n) is 1.91. The smallest absolute Gasteiger partial charge is 0.264 e. The van der Waals surface area contributed by atoms with E-state index in [0.29, 0.717) is 0 Å². The van der Waals surface area contributed by atoms with Crippen molar-refractivity contribution in [2.45, 2.75) is 0 Å². The molecule has 0 unspecified atom stereocenters. The first kappa shape index (κ1) is 12.7. The van der Waals surface area contributed by atoms with Crippen LogP contribution in [0.25, 0.3) is 0 Å². The Morgan fingerprint density at radius 2 is 2.28 bits per heavy atom. The fourth-order valence-corrected chi connectivity index (χ4v) is 1.91. The average Bonchev–Trinajstić information content (AvgIpc) is 2.40. The van der Waals surface area contributed by atoms with Crippen molar-refractivity contribution in [2.75, 3.05) is 50.6 Å². The summed E-state index contributed by atoms with van der Waals surface area (Å²) in [5.41, 5.74) is 1.91. The molecular formula is C13H19N3O2. The van der Waals surface area contributed by atoms with E-state index >= 15 is 0 Å². The molecule has 0 bridgehead atoms. The van der Waals surface area contributed by atoms with Crippen molar-refractivity contribution in [3.63, 3.8) is 0 Å². The Kier molecular flexibility index (Phi) is 3.72. The van der Waals surface area contributed by atoms with Gasteiger partial charge in [-0.3, -0.25) is 4.79 Å². The van der Waals surface area contributed by atoms with Crippen molar-refractivity contribution in [3.8, 4) is 5.75 Å². The number of amides is 1. The fraction of sp³-hybridized carbons (Fsp3) is 0.462. The van der Waals surface area contributed by atoms with Gasteiger partial charge in [-0.15, -0.1) is 0 Å². The summed E-state index contributed by atoms with van der Waals surface area (Å²) < 4.78 is 5.40. The van der Waals surface area contributed by atoms with Gasteiger partial charge in [0.1, 0.15) is 5.75 Å². The Balaban J connectivity index is 2.23. The molecule has 1 aromatic carbocycles. The molecule has 0 radical (unpaired) electrons. The van der Waals surface area contributed by atoms with E-state index in [2.05, 4.69) is 10.2 Å². The highest BCUT2D eigenvalue weighted by molar-refractivity contribution is 5.97. The molecule has 5 heteroatoms. The van der Waals surface area contributed by atoms with E-state index in [1.807, 2.05) is 32.3 Å². The number of carbonyl (C=O) groups excluding carboxylic acids is 1. The highest BCUT2D eigenvalue weighted by Gasteiger charge is 2.22. The first-order valence-corrected chi connectivity index (χ1v) is 6.02. The molecule has 0 aromatic heterocycles. The minimum Gasteiger partial charge on any atom is -0.482 e. The Labute approximate surface area is 107 Å². The zero-order chi connectivity index (χ0) is 13.1. The van der Waals surface area contributed by atoms with Crippen molar-refractivity contribution in [1.82, 2.24) is 5.32 Å². The van der Waals surface area contributed by atoms with Crippen LogP contribution in [0.5, 0.6) is 5.75 Å². The van der Waals surface area contributed by atoms with Gasteiger partial charge in [0.2, 0.25) is 0 Å². The van der Waals surface area contributed by atoms with Crippen LogP contribution in [-0.2, 0) is 4.79 Å². The van der Waals surface area contributed by atoms with Crippen molar-refractivity contribution in [2.24, 2.45) is 0 Å². The quantitative estimate of drug-likeness (QED) is 0.853. The van der Waals surface area contributed by atoms with Gasteiger partial charge in [-0.25, -0.2) is 0 Å². The molecule has 5 nitrogen and oxygen atoms in total. The first-order chi connectivity index (χ1) is 8.63. The van der Waals surface area contributed by atoms with Gasteiger partial charge in [0.15, 0.2) is 6.61 Å². The van der Waals surface area contributed by atoms with Gasteiger partial charge < -0.3 is 19.9 Å². The average molecular weight is 249 g/mol. The lowest BCUT2D eigenvalue weighted by atomic mass is 10.2. The normalized spacial score (nSPS) is 14.2. The molecule has 0 aliphatic carbocycles. The number of nitrogens with one attached hydrogen (secondary N) is 1. The Morgan fingerprint density at radius 3 is 3.00 bits per heavy atom. The number of rotatable bonds is 4. The Morgan fingerprint density at radius 1 is 1.50 bits per heavy atom. The number of ether oxygens (including phenoxy) is 1. The molecule has 0 saturated heterocycles. The highest BCUT2D eigenvalue weighted by atomic mass is 16.5. The van der Waals surface area contributed by atoms with Crippen molar-refractivity contribution < 1.29 is 9.53 Å². The number of hydrogen-bond donors (Lipinski definition) is 1. The molecule has 1 amide bonds. The molecule has 1 aliphatic rings. The number of anilines is 2. The van der Waals surface area contributed by atoms with Gasteiger partial charge in [-0.2, -0.15) is 0 Å². The van der Waals surface area contributed by atoms with E-state index in [-0.39, 0.29) is 12.5 Å². The molecule has 1 aliphatic heterocycles. The number of hydrogen-bond acceptors (Lipinski definition) is 4. The zero-order valence-electron chi connectivity index (χ0n) is 11.1. The summed E-state index contributed by atoms with van der Waals surface area (Å²) in [6.45, 7) is 1.95. The lowest BCUT2D eigenvalue weighted by Gasteiger charge is -2.28. The molecule has 0 saturated carbocycles. The van der Waals surface area contributed by atoms with Crippen molar-refractivity contribution in [3.05, 3.63) is 18.2 Å². The van der Waals surface area contributed by atoms with Crippen LogP contribution in [0.15, 0.2) is 18.2 Å². The number of nitrogens with zero attached hydrogens (tertiary/aromatic N) is 2. The highest BCUT2D eigenvalue weighted by Crippen LogP contribution is 2.34. The zero-order valence-corrected chi connectivity index (χ0v) is 11.1. The third-order valence-corrected chi connectivity index (χ3v) is 3.17. The SMILES string of the molecule is CNCCN(C)c1ccc2c(c1)N(C)C(=O)CO2. The molecule has 18 heavy (non-hydrogen) atoms. The second-order valence-corrected chi connectivity index (χ2v) is 4.42. The summed E-state index contributed by atoms with van der Waals surface area (Å²) in [5, 5.41) is 3.12. The summed E-state index contributed by atoms with van der Waals surface area (Å²) in [7, 11) is 5.74. The number of fused-ring (bicyclic) bond motifs is 1. The predicted molar refractivity (Wildman–Crippen MR) is 72.5 cm³/mol. The molecule has 1 aromatic rings. The third kappa shape index (κ3) is 2.41. The van der Waals surface area contributed by atoms with Gasteiger partial charge >= 0.3 is 0 Å². The molecule has 98 valence electrons. The molecule has 0 spiro atoms. The van der Waals surface area contributed by atoms with Gasteiger partial charge in [-0.1, -0.05) is 0 Å². The minimum absolute atomic E-state index is 0.0162. The summed E-state index contributed by atoms with van der Waals surface area (Å²) in [4.78, 5) is 15.4. The topological polar surface area (TPSA) is 44.8 Å². The summed E-state index contributed by atoms with van der Waals surface area (Å²) in [6.07, 6.45) is 0. The van der Waals surface area contributed by atoms with Crippen LogP contribution < -0.4 is 19.9 Å². The lowest BCUT2D eigenvalue weighted by Crippen LogP contribution is -2.35. The van der Waals surface area contributed by atoms with E-state index in [1.54, 1.807) is 11.9 Å². The van der Waals surface area contributed by atoms with E-state index in [4.69, 9.17) is 4.74 Å². The second-order valence-electron chi connectivity index (χ2n) is 4.42. The van der Waals surface area contributed by atoms with Crippen LogP contribution in [0.3, 0.4) is 0 Å². The van der Waals surface area contributed by atoms with Crippen LogP contribution in [0.2, 0.25) is 0 Å². The van der Waals surface area contributed by atoms with Crippen LogP contribution in [0.4, 0.5) is 11.4 Å². The van der Waals surface area contributed by atoms with Crippen LogP contribution in [0, 0.1) is 0 Å². The van der Waals surface area contributed by atoms with E-state index < -0.39 is 0 Å². The lowest BCUT2D eigenvalue weighted by molar-refractivity contribution is -0.120. The molecule has 2 rings (SSSR count). The standard InChI is InChI=1S/C13H19N3O2/c1-14-6-7-15(2)10-4-5-12-11(8-10)16(3)13(17)9-18-12/h4-5,8,14H,6-7,9H2,1-3H3. The minimum atomic E-state index is -0.0162. The molecule has 1 heterocycles. The van der Waals surface area contributed by atoms with Crippen molar-refractivity contribution >= 4 is 17.3 Å². The number of carbonyl (C=O) groups is 1. The van der Waals surface area contributed by atoms with Crippen LogP contribution in [-0.4, -0.2) is 46.7 Å². The third-order valence-electron chi connectivity index (χ3n) is 3.17.